The summed E-state index contributed by atoms with van der Waals surface area (Å²) in [6, 6.07) is 9.86. The number of aliphatic hydroxyl groups is 1. The number of rotatable bonds is 4. The third-order valence-electron chi connectivity index (χ3n) is 2.57. The molecule has 2 aromatic rings. The van der Waals surface area contributed by atoms with Crippen molar-refractivity contribution in [2.45, 2.75) is 13.2 Å². The smallest absolute Gasteiger partial charge is 0.142 e. The van der Waals surface area contributed by atoms with Crippen molar-refractivity contribution in [1.82, 2.24) is 0 Å². The van der Waals surface area contributed by atoms with Crippen molar-refractivity contribution in [3.05, 3.63) is 62.8 Å². The lowest BCUT2D eigenvalue weighted by Gasteiger charge is -2.11. The highest BCUT2D eigenvalue weighted by molar-refractivity contribution is 9.10. The monoisotopic (exact) mass is 344 g/mol. The van der Waals surface area contributed by atoms with Gasteiger partial charge in [-0.05, 0) is 35.9 Å². The molecule has 0 aliphatic heterocycles. The minimum atomic E-state index is -0.471. The van der Waals surface area contributed by atoms with Gasteiger partial charge in [-0.2, -0.15) is 0 Å². The lowest BCUT2D eigenvalue weighted by atomic mass is 10.2. The van der Waals surface area contributed by atoms with E-state index >= 15 is 0 Å². The highest BCUT2D eigenvalue weighted by Gasteiger charge is 2.06. The van der Waals surface area contributed by atoms with Crippen LogP contribution in [-0.4, -0.2) is 5.11 Å². The molecule has 19 heavy (non-hydrogen) atoms. The maximum Gasteiger partial charge on any atom is 0.142 e. The van der Waals surface area contributed by atoms with Crippen molar-refractivity contribution >= 4 is 27.5 Å². The van der Waals surface area contributed by atoms with Crippen LogP contribution in [0.4, 0.5) is 4.39 Å². The average molecular weight is 346 g/mol. The lowest BCUT2D eigenvalue weighted by molar-refractivity contribution is 0.258. The van der Waals surface area contributed by atoms with Crippen LogP contribution in [0.25, 0.3) is 0 Å². The number of hydrogen-bond acceptors (Lipinski definition) is 2. The fourth-order valence-electron chi connectivity index (χ4n) is 1.60. The third-order valence-corrected chi connectivity index (χ3v) is 3.37. The lowest BCUT2D eigenvalue weighted by Crippen LogP contribution is -1.99. The van der Waals surface area contributed by atoms with Gasteiger partial charge in [0.05, 0.1) is 11.6 Å². The van der Waals surface area contributed by atoms with Gasteiger partial charge in [0.2, 0.25) is 0 Å². The summed E-state index contributed by atoms with van der Waals surface area (Å²) >= 11 is 8.93. The van der Waals surface area contributed by atoms with E-state index in [1.165, 1.54) is 12.1 Å². The predicted molar refractivity (Wildman–Crippen MR) is 75.8 cm³/mol. The molecule has 0 bridgehead atoms. The van der Waals surface area contributed by atoms with E-state index in [0.29, 0.717) is 16.9 Å². The van der Waals surface area contributed by atoms with Gasteiger partial charge in [0.15, 0.2) is 0 Å². The van der Waals surface area contributed by atoms with Crippen LogP contribution in [0.5, 0.6) is 5.75 Å². The van der Waals surface area contributed by atoms with Gasteiger partial charge < -0.3 is 9.84 Å². The maximum absolute atomic E-state index is 13.3. The quantitative estimate of drug-likeness (QED) is 0.894. The highest BCUT2D eigenvalue weighted by Crippen LogP contribution is 2.24. The zero-order valence-corrected chi connectivity index (χ0v) is 12.2. The van der Waals surface area contributed by atoms with Gasteiger partial charge in [-0.1, -0.05) is 33.6 Å². The number of benzene rings is 2. The molecule has 0 aliphatic rings. The Morgan fingerprint density at radius 2 is 2.00 bits per heavy atom. The molecule has 2 nitrogen and oxygen atoms in total. The molecule has 5 heteroatoms. The maximum atomic E-state index is 13.3. The summed E-state index contributed by atoms with van der Waals surface area (Å²) in [5, 5.41) is 9.33. The molecular weight excluding hydrogens is 335 g/mol. The normalized spacial score (nSPS) is 10.5. The van der Waals surface area contributed by atoms with Gasteiger partial charge in [0.25, 0.3) is 0 Å². The zero-order valence-electron chi connectivity index (χ0n) is 9.87. The first kappa shape index (κ1) is 14.3. The van der Waals surface area contributed by atoms with Crippen LogP contribution < -0.4 is 4.74 Å². The molecule has 0 unspecified atom stereocenters. The van der Waals surface area contributed by atoms with Gasteiger partial charge in [-0.25, -0.2) is 4.39 Å². The Morgan fingerprint density at radius 1 is 1.21 bits per heavy atom. The summed E-state index contributed by atoms with van der Waals surface area (Å²) in [4.78, 5) is 0. The molecule has 1 N–H and O–H groups in total. The minimum absolute atomic E-state index is 0.0865. The summed E-state index contributed by atoms with van der Waals surface area (Å²) < 4.78 is 19.7. The van der Waals surface area contributed by atoms with Gasteiger partial charge >= 0.3 is 0 Å². The molecule has 0 amide bonds. The molecule has 2 rings (SSSR count). The molecule has 0 atom stereocenters. The number of aliphatic hydroxyl groups excluding tert-OH is 1. The summed E-state index contributed by atoms with van der Waals surface area (Å²) in [6.07, 6.45) is 0. The minimum Gasteiger partial charge on any atom is -0.489 e. The van der Waals surface area contributed by atoms with E-state index in [1.807, 2.05) is 6.07 Å². The van der Waals surface area contributed by atoms with E-state index in [0.717, 1.165) is 4.47 Å². The first-order valence-corrected chi connectivity index (χ1v) is 6.73. The van der Waals surface area contributed by atoms with Crippen molar-refractivity contribution in [3.8, 4) is 5.75 Å². The molecule has 0 fully saturated rings. The molecule has 0 aliphatic carbocycles. The van der Waals surface area contributed by atoms with E-state index < -0.39 is 5.82 Å². The molecule has 2 aromatic carbocycles. The topological polar surface area (TPSA) is 29.5 Å². The van der Waals surface area contributed by atoms with Crippen LogP contribution in [0.2, 0.25) is 5.02 Å². The zero-order chi connectivity index (χ0) is 13.8. The van der Waals surface area contributed by atoms with Gasteiger partial charge in [-0.3, -0.25) is 0 Å². The van der Waals surface area contributed by atoms with Gasteiger partial charge in [-0.15, -0.1) is 0 Å². The Morgan fingerprint density at radius 3 is 2.68 bits per heavy atom. The van der Waals surface area contributed by atoms with Crippen LogP contribution >= 0.6 is 27.5 Å². The summed E-state index contributed by atoms with van der Waals surface area (Å²) in [6.45, 7) is 0.0898. The Kier molecular flexibility index (Phi) is 4.80. The Hall–Kier alpha value is -1.10. The summed E-state index contributed by atoms with van der Waals surface area (Å²) in [5.74, 6) is 0.0991. The molecule has 0 aromatic heterocycles. The van der Waals surface area contributed by atoms with Crippen molar-refractivity contribution in [3.63, 3.8) is 0 Å². The van der Waals surface area contributed by atoms with Crippen molar-refractivity contribution in [1.29, 1.82) is 0 Å². The van der Waals surface area contributed by atoms with Crippen LogP contribution in [0, 0.1) is 5.82 Å². The first-order chi connectivity index (χ1) is 9.10. The Labute approximate surface area is 123 Å². The standard InChI is InChI=1S/C14H11BrClFO2/c15-11-2-4-14(10(6-11)7-18)19-8-9-1-3-12(16)13(17)5-9/h1-6,18H,7-8H2. The molecule has 100 valence electrons. The van der Waals surface area contributed by atoms with Crippen LogP contribution in [-0.2, 0) is 13.2 Å². The predicted octanol–water partition coefficient (Wildman–Crippen LogP) is 4.31. The summed E-state index contributed by atoms with van der Waals surface area (Å²) in [7, 11) is 0. The number of hydrogen-bond donors (Lipinski definition) is 1. The second kappa shape index (κ2) is 6.37. The third kappa shape index (κ3) is 3.69. The van der Waals surface area contributed by atoms with Gasteiger partial charge in [0.1, 0.15) is 18.2 Å². The molecule has 0 heterocycles. The molecule has 0 saturated heterocycles. The second-order valence-corrected chi connectivity index (χ2v) is 5.27. The highest BCUT2D eigenvalue weighted by atomic mass is 79.9. The van der Waals surface area contributed by atoms with Crippen molar-refractivity contribution in [2.75, 3.05) is 0 Å². The van der Waals surface area contributed by atoms with E-state index in [-0.39, 0.29) is 18.2 Å². The van der Waals surface area contributed by atoms with E-state index in [1.54, 1.807) is 18.2 Å². The Balaban J connectivity index is 2.12. The Bertz CT molecular complexity index is 590. The van der Waals surface area contributed by atoms with E-state index in [4.69, 9.17) is 16.3 Å². The number of halogens is 3. The SMILES string of the molecule is OCc1cc(Br)ccc1OCc1ccc(Cl)c(F)c1. The van der Waals surface area contributed by atoms with Crippen molar-refractivity contribution < 1.29 is 14.2 Å². The van der Waals surface area contributed by atoms with Crippen molar-refractivity contribution in [2.24, 2.45) is 0 Å². The van der Waals surface area contributed by atoms with E-state index in [2.05, 4.69) is 15.9 Å². The summed E-state index contributed by atoms with van der Waals surface area (Å²) in [5.41, 5.74) is 1.34. The molecular formula is C14H11BrClFO2. The van der Waals surface area contributed by atoms with Gasteiger partial charge in [0, 0.05) is 10.0 Å². The fraction of sp³-hybridized carbons (Fsp3) is 0.143. The fourth-order valence-corrected chi connectivity index (χ4v) is 2.13. The van der Waals surface area contributed by atoms with Crippen LogP contribution in [0.15, 0.2) is 40.9 Å². The second-order valence-electron chi connectivity index (χ2n) is 3.95. The molecule has 0 spiro atoms. The number of ether oxygens (including phenoxy) is 1. The average Bonchev–Trinajstić information content (AvgIpc) is 2.41. The molecule has 0 saturated carbocycles. The molecule has 0 radical (unpaired) electrons. The largest absolute Gasteiger partial charge is 0.489 e. The van der Waals surface area contributed by atoms with Crippen LogP contribution in [0.1, 0.15) is 11.1 Å². The van der Waals surface area contributed by atoms with E-state index in [9.17, 15) is 9.50 Å². The first-order valence-electron chi connectivity index (χ1n) is 5.56. The van der Waals surface area contributed by atoms with Crippen LogP contribution in [0.3, 0.4) is 0 Å².